The first-order chi connectivity index (χ1) is 14.4. The molecule has 1 unspecified atom stereocenters. The number of piperidine rings is 1. The van der Waals surface area contributed by atoms with E-state index in [2.05, 4.69) is 76.5 Å². The molecule has 2 aliphatic rings. The van der Waals surface area contributed by atoms with Crippen LogP contribution in [0.25, 0.3) is 0 Å². The van der Waals surface area contributed by atoms with E-state index in [9.17, 15) is 0 Å². The molecule has 154 valence electrons. The fourth-order valence-corrected chi connectivity index (χ4v) is 4.50. The van der Waals surface area contributed by atoms with Crippen LogP contribution < -0.4 is 4.74 Å². The van der Waals surface area contributed by atoms with Gasteiger partial charge in [-0.2, -0.15) is 0 Å². The lowest BCUT2D eigenvalue weighted by molar-refractivity contribution is 0.200. The Kier molecular flexibility index (Phi) is 7.39. The molecule has 0 amide bonds. The van der Waals surface area contributed by atoms with Crippen LogP contribution in [0.15, 0.2) is 66.7 Å². The van der Waals surface area contributed by atoms with E-state index in [0.717, 1.165) is 38.3 Å². The van der Waals surface area contributed by atoms with Crippen molar-refractivity contribution in [2.24, 2.45) is 0 Å². The van der Waals surface area contributed by atoms with Crippen LogP contribution in [-0.2, 0) is 6.54 Å². The van der Waals surface area contributed by atoms with Gasteiger partial charge >= 0.3 is 0 Å². The van der Waals surface area contributed by atoms with Crippen LogP contribution in [0.2, 0.25) is 0 Å². The fourth-order valence-electron chi connectivity index (χ4n) is 4.50. The molecule has 1 saturated heterocycles. The van der Waals surface area contributed by atoms with Crippen LogP contribution >= 0.6 is 0 Å². The van der Waals surface area contributed by atoms with Crippen molar-refractivity contribution in [3.05, 3.63) is 77.9 Å². The molecular formula is C26H34N2O. The summed E-state index contributed by atoms with van der Waals surface area (Å²) < 4.78 is 6.01. The van der Waals surface area contributed by atoms with Gasteiger partial charge < -0.3 is 9.64 Å². The molecule has 2 aromatic rings. The molecule has 0 aromatic heterocycles. The SMILES string of the molecule is C1=CCN(Cc2ccccc2)C(c2ccc(OCCCN3CCCCC3)cc2)C1. The predicted molar refractivity (Wildman–Crippen MR) is 120 cm³/mol. The highest BCUT2D eigenvalue weighted by Gasteiger charge is 2.21. The molecule has 2 aliphatic heterocycles. The van der Waals surface area contributed by atoms with E-state index in [1.165, 1.54) is 50.0 Å². The third-order valence-corrected chi connectivity index (χ3v) is 6.14. The van der Waals surface area contributed by atoms with E-state index in [0.29, 0.717) is 6.04 Å². The Morgan fingerprint density at radius 1 is 0.862 bits per heavy atom. The molecule has 0 radical (unpaired) electrons. The van der Waals surface area contributed by atoms with Crippen LogP contribution in [0.4, 0.5) is 0 Å². The van der Waals surface area contributed by atoms with Crippen molar-refractivity contribution in [3.63, 3.8) is 0 Å². The van der Waals surface area contributed by atoms with Crippen molar-refractivity contribution < 1.29 is 4.74 Å². The summed E-state index contributed by atoms with van der Waals surface area (Å²) in [7, 11) is 0. The maximum atomic E-state index is 6.01. The molecule has 1 fully saturated rings. The number of rotatable bonds is 8. The minimum atomic E-state index is 0.438. The number of hydrogen-bond donors (Lipinski definition) is 0. The quantitative estimate of drug-likeness (QED) is 0.441. The van der Waals surface area contributed by atoms with Crippen molar-refractivity contribution >= 4 is 0 Å². The number of nitrogens with zero attached hydrogens (tertiary/aromatic N) is 2. The fraction of sp³-hybridized carbons (Fsp3) is 0.462. The van der Waals surface area contributed by atoms with Crippen LogP contribution in [0, 0.1) is 0 Å². The number of likely N-dealkylation sites (tertiary alicyclic amines) is 1. The molecule has 0 saturated carbocycles. The molecule has 1 atom stereocenters. The van der Waals surface area contributed by atoms with E-state index >= 15 is 0 Å². The highest BCUT2D eigenvalue weighted by atomic mass is 16.5. The molecule has 2 aromatic carbocycles. The van der Waals surface area contributed by atoms with Crippen molar-refractivity contribution in [3.8, 4) is 5.75 Å². The molecule has 4 rings (SSSR count). The largest absolute Gasteiger partial charge is 0.494 e. The van der Waals surface area contributed by atoms with Crippen LogP contribution in [-0.4, -0.2) is 42.6 Å². The summed E-state index contributed by atoms with van der Waals surface area (Å²) in [5.74, 6) is 0.994. The zero-order valence-corrected chi connectivity index (χ0v) is 17.5. The first-order valence-corrected chi connectivity index (χ1v) is 11.3. The van der Waals surface area contributed by atoms with Gasteiger partial charge in [-0.15, -0.1) is 0 Å². The van der Waals surface area contributed by atoms with E-state index in [1.807, 2.05) is 0 Å². The summed E-state index contributed by atoms with van der Waals surface area (Å²) >= 11 is 0. The van der Waals surface area contributed by atoms with Gasteiger partial charge in [0.15, 0.2) is 0 Å². The highest BCUT2D eigenvalue weighted by molar-refractivity contribution is 5.30. The van der Waals surface area contributed by atoms with Gasteiger partial charge in [0.1, 0.15) is 5.75 Å². The van der Waals surface area contributed by atoms with Gasteiger partial charge in [-0.05, 0) is 62.0 Å². The van der Waals surface area contributed by atoms with Gasteiger partial charge in [0.05, 0.1) is 6.61 Å². The maximum Gasteiger partial charge on any atom is 0.119 e. The van der Waals surface area contributed by atoms with Crippen molar-refractivity contribution in [2.45, 2.75) is 44.7 Å². The zero-order chi connectivity index (χ0) is 19.7. The molecule has 0 N–H and O–H groups in total. The van der Waals surface area contributed by atoms with Gasteiger partial charge in [0.2, 0.25) is 0 Å². The molecule has 0 bridgehead atoms. The Balaban J connectivity index is 1.28. The molecule has 0 aliphatic carbocycles. The van der Waals surface area contributed by atoms with Crippen LogP contribution in [0.5, 0.6) is 5.75 Å². The van der Waals surface area contributed by atoms with Crippen molar-refractivity contribution in [2.75, 3.05) is 32.8 Å². The molecule has 3 nitrogen and oxygen atoms in total. The van der Waals surface area contributed by atoms with E-state index < -0.39 is 0 Å². The summed E-state index contributed by atoms with van der Waals surface area (Å²) in [6, 6.07) is 20.0. The third-order valence-electron chi connectivity index (χ3n) is 6.14. The van der Waals surface area contributed by atoms with Crippen LogP contribution in [0.1, 0.15) is 49.3 Å². The highest BCUT2D eigenvalue weighted by Crippen LogP contribution is 2.30. The smallest absolute Gasteiger partial charge is 0.119 e. The number of hydrogen-bond acceptors (Lipinski definition) is 3. The minimum Gasteiger partial charge on any atom is -0.494 e. The van der Waals surface area contributed by atoms with E-state index in [-0.39, 0.29) is 0 Å². The molecule has 2 heterocycles. The van der Waals surface area contributed by atoms with Crippen LogP contribution in [0.3, 0.4) is 0 Å². The lowest BCUT2D eigenvalue weighted by Gasteiger charge is -2.33. The minimum absolute atomic E-state index is 0.438. The first-order valence-electron chi connectivity index (χ1n) is 11.3. The monoisotopic (exact) mass is 390 g/mol. The summed E-state index contributed by atoms with van der Waals surface area (Å²) in [6.45, 7) is 6.51. The average molecular weight is 391 g/mol. The van der Waals surface area contributed by atoms with E-state index in [4.69, 9.17) is 4.74 Å². The Labute approximate surface area is 176 Å². The Morgan fingerprint density at radius 3 is 2.45 bits per heavy atom. The summed E-state index contributed by atoms with van der Waals surface area (Å²) in [5, 5.41) is 0. The zero-order valence-electron chi connectivity index (χ0n) is 17.5. The lowest BCUT2D eigenvalue weighted by atomic mass is 9.98. The second-order valence-corrected chi connectivity index (χ2v) is 8.31. The summed E-state index contributed by atoms with van der Waals surface area (Å²) in [5.41, 5.74) is 2.76. The Hall–Kier alpha value is -2.10. The van der Waals surface area contributed by atoms with Gasteiger partial charge in [-0.3, -0.25) is 4.90 Å². The standard InChI is InChI=1S/C26H34N2O/c1-3-10-23(11-4-1)22-28-20-8-5-12-26(28)24-13-15-25(16-14-24)29-21-9-19-27-17-6-2-7-18-27/h1,3-5,8,10-11,13-16,26H,2,6-7,9,12,17-22H2. The molecule has 3 heteroatoms. The summed E-state index contributed by atoms with van der Waals surface area (Å²) in [4.78, 5) is 5.14. The third kappa shape index (κ3) is 5.94. The van der Waals surface area contributed by atoms with E-state index in [1.54, 1.807) is 0 Å². The first kappa shape index (κ1) is 20.2. The Morgan fingerprint density at radius 2 is 1.66 bits per heavy atom. The molecule has 0 spiro atoms. The number of benzene rings is 2. The van der Waals surface area contributed by atoms with Gasteiger partial charge in [-0.1, -0.05) is 61.0 Å². The Bertz CT molecular complexity index is 750. The predicted octanol–water partition coefficient (Wildman–Crippen LogP) is 5.44. The molecular weight excluding hydrogens is 356 g/mol. The number of ether oxygens (including phenoxy) is 1. The van der Waals surface area contributed by atoms with Gasteiger partial charge in [0.25, 0.3) is 0 Å². The van der Waals surface area contributed by atoms with Gasteiger partial charge in [-0.25, -0.2) is 0 Å². The lowest BCUT2D eigenvalue weighted by Crippen LogP contribution is -2.31. The average Bonchev–Trinajstić information content (AvgIpc) is 2.79. The topological polar surface area (TPSA) is 15.7 Å². The van der Waals surface area contributed by atoms with Crippen molar-refractivity contribution in [1.29, 1.82) is 0 Å². The normalized spacial score (nSPS) is 20.6. The maximum absolute atomic E-state index is 6.01. The molecule has 29 heavy (non-hydrogen) atoms. The second-order valence-electron chi connectivity index (χ2n) is 8.31. The van der Waals surface area contributed by atoms with Crippen molar-refractivity contribution in [1.82, 2.24) is 9.80 Å². The van der Waals surface area contributed by atoms with Gasteiger partial charge in [0, 0.05) is 25.7 Å². The summed E-state index contributed by atoms with van der Waals surface area (Å²) in [6.07, 6.45) is 10.9. The second kappa shape index (κ2) is 10.6.